The summed E-state index contributed by atoms with van der Waals surface area (Å²) in [5, 5.41) is 0. The molecule has 84 valence electrons. The van der Waals surface area contributed by atoms with E-state index in [-0.39, 0.29) is 11.9 Å². The summed E-state index contributed by atoms with van der Waals surface area (Å²) in [6, 6.07) is 0. The molecule has 0 saturated carbocycles. The van der Waals surface area contributed by atoms with Gasteiger partial charge in [0.05, 0.1) is 0 Å². The van der Waals surface area contributed by atoms with Crippen molar-refractivity contribution in [2.24, 2.45) is 5.92 Å². The summed E-state index contributed by atoms with van der Waals surface area (Å²) in [5.74, 6) is 0.147. The van der Waals surface area contributed by atoms with Crippen LogP contribution >= 0.6 is 0 Å². The molecule has 0 aromatic rings. The van der Waals surface area contributed by atoms with Crippen molar-refractivity contribution in [3.05, 3.63) is 0 Å². The topological polar surface area (TPSA) is 26.3 Å². The van der Waals surface area contributed by atoms with Gasteiger partial charge < -0.3 is 0 Å². The number of hydrogen-bond donors (Lipinski definition) is 0. The van der Waals surface area contributed by atoms with Crippen molar-refractivity contribution < 1.29 is 9.53 Å². The van der Waals surface area contributed by atoms with Crippen LogP contribution in [0, 0.1) is 5.92 Å². The molecule has 0 saturated heterocycles. The van der Waals surface area contributed by atoms with Crippen LogP contribution in [0.1, 0.15) is 33.1 Å². The van der Waals surface area contributed by atoms with Crippen LogP contribution < -0.4 is 0 Å². The van der Waals surface area contributed by atoms with Crippen LogP contribution in [0.3, 0.4) is 0 Å². The quantitative estimate of drug-likeness (QED) is 0.410. The third-order valence-electron chi connectivity index (χ3n) is 2.03. The fourth-order valence-electron chi connectivity index (χ4n) is 1.29. The summed E-state index contributed by atoms with van der Waals surface area (Å²) in [7, 11) is 0. The Labute approximate surface area is 95.4 Å². The van der Waals surface area contributed by atoms with Gasteiger partial charge in [-0.2, -0.15) is 0 Å². The molecular formula is C11H23O2Sb. The normalized spacial score (nSPS) is 12.9. The molecular weight excluding hydrogens is 286 g/mol. The van der Waals surface area contributed by atoms with Gasteiger partial charge in [0.2, 0.25) is 0 Å². The predicted octanol–water partition coefficient (Wildman–Crippen LogP) is 3.11. The minimum absolute atomic E-state index is 0.0132. The molecule has 1 unspecified atom stereocenters. The Morgan fingerprint density at radius 1 is 1.36 bits per heavy atom. The van der Waals surface area contributed by atoms with E-state index in [1.165, 1.54) is 6.42 Å². The number of carbonyl (C=O) groups is 1. The molecule has 0 spiro atoms. The van der Waals surface area contributed by atoms with E-state index in [2.05, 4.69) is 16.7 Å². The Hall–Kier alpha value is 0.288. The Balaban J connectivity index is 3.52. The van der Waals surface area contributed by atoms with Crippen LogP contribution in [0.5, 0.6) is 0 Å². The van der Waals surface area contributed by atoms with E-state index < -0.39 is 20.2 Å². The molecule has 1 atom stereocenters. The van der Waals surface area contributed by atoms with Crippen molar-refractivity contribution in [1.29, 1.82) is 0 Å². The number of ether oxygens (including phenoxy) is 1. The molecule has 0 radical (unpaired) electrons. The fraction of sp³-hybridized carbons (Fsp3) is 0.909. The second kappa shape index (κ2) is 8.58. The van der Waals surface area contributed by atoms with Gasteiger partial charge in [-0.3, -0.25) is 0 Å². The van der Waals surface area contributed by atoms with Crippen molar-refractivity contribution in [1.82, 2.24) is 0 Å². The molecule has 0 amide bonds. The third-order valence-corrected chi connectivity index (χ3v) is 5.68. The number of esters is 1. The summed E-state index contributed by atoms with van der Waals surface area (Å²) in [6.07, 6.45) is 3.34. The van der Waals surface area contributed by atoms with Gasteiger partial charge in [-0.05, 0) is 0 Å². The van der Waals surface area contributed by atoms with E-state index in [9.17, 15) is 4.79 Å². The molecule has 0 aromatic heterocycles. The van der Waals surface area contributed by atoms with E-state index in [4.69, 9.17) is 4.74 Å². The summed E-state index contributed by atoms with van der Waals surface area (Å²) in [4.78, 5) is 16.1. The zero-order chi connectivity index (χ0) is 11.0. The molecule has 14 heavy (non-hydrogen) atoms. The van der Waals surface area contributed by atoms with Crippen molar-refractivity contribution in [3.63, 3.8) is 0 Å². The number of carbonyl (C=O) groups excluding carboxylic acids is 1. The minimum atomic E-state index is -1.02. The third kappa shape index (κ3) is 7.67. The molecule has 0 aliphatic carbocycles. The van der Waals surface area contributed by atoms with Gasteiger partial charge in [-0.25, -0.2) is 0 Å². The Bertz CT molecular complexity index is 157. The molecule has 2 nitrogen and oxygen atoms in total. The number of rotatable bonds is 7. The van der Waals surface area contributed by atoms with Gasteiger partial charge in [0.25, 0.3) is 0 Å². The first-order valence-electron chi connectivity index (χ1n) is 5.39. The van der Waals surface area contributed by atoms with E-state index >= 15 is 0 Å². The maximum absolute atomic E-state index is 11.4. The van der Waals surface area contributed by atoms with Crippen LogP contribution in [0.2, 0.25) is 14.1 Å². The second-order valence-corrected chi connectivity index (χ2v) is 11.2. The molecule has 0 aromatic carbocycles. The van der Waals surface area contributed by atoms with Crippen molar-refractivity contribution in [3.8, 4) is 0 Å². The van der Waals surface area contributed by atoms with Gasteiger partial charge in [-0.15, -0.1) is 0 Å². The Kier molecular flexibility index (Phi) is 8.76. The zero-order valence-corrected chi connectivity index (χ0v) is 12.4. The zero-order valence-electron chi connectivity index (χ0n) is 9.88. The predicted molar refractivity (Wildman–Crippen MR) is 61.9 cm³/mol. The average Bonchev–Trinajstić information content (AvgIpc) is 2.11. The van der Waals surface area contributed by atoms with Crippen LogP contribution in [0.15, 0.2) is 0 Å². The summed E-state index contributed by atoms with van der Waals surface area (Å²) in [6.45, 7) is 4.75. The molecule has 0 heterocycles. The van der Waals surface area contributed by atoms with Crippen LogP contribution in [0.25, 0.3) is 0 Å². The van der Waals surface area contributed by atoms with Crippen molar-refractivity contribution >= 4 is 26.2 Å². The molecule has 3 heteroatoms. The van der Waals surface area contributed by atoms with E-state index in [1.807, 2.05) is 6.92 Å². The van der Waals surface area contributed by atoms with Crippen LogP contribution in [-0.4, -0.2) is 32.8 Å². The van der Waals surface area contributed by atoms with E-state index in [0.29, 0.717) is 6.61 Å². The molecule has 0 rings (SSSR count). The first-order valence-corrected chi connectivity index (χ1v) is 12.3. The van der Waals surface area contributed by atoms with E-state index in [1.54, 1.807) is 0 Å². The molecule has 0 aliphatic heterocycles. The summed E-state index contributed by atoms with van der Waals surface area (Å²) < 4.78 is 6.30. The Morgan fingerprint density at radius 3 is 2.50 bits per heavy atom. The summed E-state index contributed by atoms with van der Waals surface area (Å²) >= 11 is -1.02. The number of unbranched alkanes of at least 4 members (excludes halogenated alkanes) is 2. The van der Waals surface area contributed by atoms with E-state index in [0.717, 1.165) is 17.2 Å². The molecule has 0 N–H and O–H groups in total. The second-order valence-electron chi connectivity index (χ2n) is 4.04. The SMILES string of the molecule is CCCCCOC(=O)C(C)[CH2][Sb]([CH3])[CH3]. The van der Waals surface area contributed by atoms with Gasteiger partial charge >= 0.3 is 95.5 Å². The standard InChI is InChI=1S/C9H17O2.2CH3.Sb/c1-4-5-6-7-11-9(10)8(2)3;;;/h8H,2,4-7H2,1,3H3;2*1H3;. The monoisotopic (exact) mass is 308 g/mol. The molecule has 0 aliphatic rings. The first kappa shape index (κ1) is 14.3. The average molecular weight is 309 g/mol. The fourth-order valence-corrected chi connectivity index (χ4v) is 4.84. The molecule has 0 fully saturated rings. The van der Waals surface area contributed by atoms with Crippen molar-refractivity contribution in [2.75, 3.05) is 6.61 Å². The van der Waals surface area contributed by atoms with Crippen LogP contribution in [0.4, 0.5) is 0 Å². The van der Waals surface area contributed by atoms with Crippen LogP contribution in [-0.2, 0) is 9.53 Å². The molecule has 0 bridgehead atoms. The summed E-state index contributed by atoms with van der Waals surface area (Å²) in [5.41, 5.74) is 0. The number of hydrogen-bond acceptors (Lipinski definition) is 2. The van der Waals surface area contributed by atoms with Gasteiger partial charge in [0.15, 0.2) is 0 Å². The van der Waals surface area contributed by atoms with Gasteiger partial charge in [0, 0.05) is 0 Å². The first-order chi connectivity index (χ1) is 6.57. The maximum atomic E-state index is 11.4. The Morgan fingerprint density at radius 2 is 2.00 bits per heavy atom. The van der Waals surface area contributed by atoms with Gasteiger partial charge in [0.1, 0.15) is 0 Å². The van der Waals surface area contributed by atoms with Gasteiger partial charge in [-0.1, -0.05) is 0 Å². The van der Waals surface area contributed by atoms with Crippen molar-refractivity contribution in [2.45, 2.75) is 47.2 Å².